The number of benzene rings is 3. The van der Waals surface area contributed by atoms with Gasteiger partial charge < -0.3 is 38.6 Å². The van der Waals surface area contributed by atoms with E-state index in [2.05, 4.69) is 26.1 Å². The maximum atomic E-state index is 15.7. The van der Waals surface area contributed by atoms with Crippen LogP contribution in [0.25, 0.3) is 0 Å². The van der Waals surface area contributed by atoms with E-state index in [1.807, 2.05) is 39.9 Å². The first-order chi connectivity index (χ1) is 32.8. The largest absolute Gasteiger partial charge is 0.456 e. The Balaban J connectivity index is 1.41. The average Bonchev–Trinajstić information content (AvgIpc) is 3.33. The molecule has 1 amide bonds. The first kappa shape index (κ1) is 53.2. The van der Waals surface area contributed by atoms with Crippen molar-refractivity contribution in [2.45, 2.75) is 166 Å². The molecule has 0 aromatic heterocycles. The fourth-order valence-corrected chi connectivity index (χ4v) is 15.5. The van der Waals surface area contributed by atoms with Gasteiger partial charge in [0, 0.05) is 35.3 Å². The normalized spacial score (nSPS) is 29.5. The van der Waals surface area contributed by atoms with Gasteiger partial charge in [-0.25, -0.2) is 9.59 Å². The minimum atomic E-state index is -2.89. The van der Waals surface area contributed by atoms with Crippen LogP contribution in [0.15, 0.2) is 102 Å². The number of carbonyl (C=O) groups is 5. The highest BCUT2D eigenvalue weighted by Gasteiger charge is 2.77. The third-order valence-electron chi connectivity index (χ3n) is 17.2. The standard InChI is InChI=1S/C55H73NO12Si2/c1-13-70(14-2,15-3)67-39-31-40-54(62,33-64-40)45-47(66-49(60)37-29-23-18-24-30-37)55(63)32-38(34(4)41(52(55,8)9)43(57)46(58)53(39,45)10)65-50(61)44(68-69(11,12)51(5,6)7)42(35-25-19-16-20-26-35)56-48(59)36-27-21-17-22-28-36/h16-30,38-40,42,44-45,47,62-63H,13-15,31-33H2,1-12H3,(H,56,59)/t38-,39?,40+,42-,44?,45-,47-,53+,54-,55+/m0/s1. The maximum Gasteiger partial charge on any atom is 0.338 e. The van der Waals surface area contributed by atoms with Gasteiger partial charge in [0.2, 0.25) is 11.6 Å². The van der Waals surface area contributed by atoms with Gasteiger partial charge in [0.1, 0.15) is 23.4 Å². The third kappa shape index (κ3) is 9.02. The number of ether oxygens (including phenoxy) is 3. The second kappa shape index (κ2) is 19.4. The van der Waals surface area contributed by atoms with Crippen molar-refractivity contribution in [3.8, 4) is 0 Å². The molecule has 1 aliphatic heterocycles. The van der Waals surface area contributed by atoms with Crippen LogP contribution in [0.2, 0.25) is 36.3 Å². The van der Waals surface area contributed by atoms with Crippen molar-refractivity contribution >= 4 is 46.0 Å². The van der Waals surface area contributed by atoms with Gasteiger partial charge in [-0.15, -0.1) is 0 Å². The number of nitrogens with one attached hydrogen (secondary N) is 1. The third-order valence-corrected chi connectivity index (χ3v) is 26.3. The minimum absolute atomic E-state index is 0.0916. The second-order valence-electron chi connectivity index (χ2n) is 22.3. The lowest BCUT2D eigenvalue weighted by atomic mass is 9.45. The summed E-state index contributed by atoms with van der Waals surface area (Å²) in [6.07, 6.45) is -6.74. The van der Waals surface area contributed by atoms with Crippen LogP contribution in [0.3, 0.4) is 0 Å². The van der Waals surface area contributed by atoms with Gasteiger partial charge in [0.25, 0.3) is 5.91 Å². The Morgan fingerprint density at radius 3 is 1.89 bits per heavy atom. The van der Waals surface area contributed by atoms with Crippen LogP contribution in [0, 0.1) is 16.7 Å². The zero-order valence-corrected chi connectivity index (χ0v) is 44.9. The number of ketones is 2. The van der Waals surface area contributed by atoms with Gasteiger partial charge >= 0.3 is 11.9 Å². The molecule has 2 bridgehead atoms. The van der Waals surface area contributed by atoms with Crippen molar-refractivity contribution in [1.82, 2.24) is 5.32 Å². The molecule has 15 heteroatoms. The average molecular weight is 996 g/mol. The van der Waals surface area contributed by atoms with Crippen molar-refractivity contribution in [3.63, 3.8) is 0 Å². The number of hydrogen-bond acceptors (Lipinski definition) is 12. The number of carbonyl (C=O) groups excluding carboxylic acids is 5. The molecule has 0 radical (unpaired) electrons. The van der Waals surface area contributed by atoms with Crippen molar-refractivity contribution in [1.29, 1.82) is 0 Å². The summed E-state index contributed by atoms with van der Waals surface area (Å²) in [5, 5.41) is 29.6. The number of aliphatic hydroxyl groups is 2. The van der Waals surface area contributed by atoms with Crippen LogP contribution in [-0.2, 0) is 37.4 Å². The monoisotopic (exact) mass is 995 g/mol. The van der Waals surface area contributed by atoms with E-state index in [-0.39, 0.29) is 29.7 Å². The van der Waals surface area contributed by atoms with E-state index in [0.717, 1.165) is 18.1 Å². The van der Waals surface area contributed by atoms with Crippen molar-refractivity contribution in [2.75, 3.05) is 6.61 Å². The molecule has 378 valence electrons. The summed E-state index contributed by atoms with van der Waals surface area (Å²) in [5.74, 6) is -5.40. The molecule has 1 saturated heterocycles. The molecule has 3 aromatic rings. The number of rotatable bonds is 15. The zero-order chi connectivity index (χ0) is 51.4. The second-order valence-corrected chi connectivity index (χ2v) is 31.7. The van der Waals surface area contributed by atoms with Crippen LogP contribution < -0.4 is 5.32 Å². The summed E-state index contributed by atoms with van der Waals surface area (Å²) in [6.45, 7) is 22.4. The minimum Gasteiger partial charge on any atom is -0.456 e. The van der Waals surface area contributed by atoms with Crippen molar-refractivity contribution < 1.29 is 57.2 Å². The number of hydrogen-bond donors (Lipinski definition) is 3. The van der Waals surface area contributed by atoms with Crippen LogP contribution in [0.1, 0.15) is 114 Å². The quantitative estimate of drug-likeness (QED) is 0.0748. The topological polar surface area (TPSA) is 184 Å². The Labute approximate surface area is 415 Å². The first-order valence-corrected chi connectivity index (χ1v) is 30.3. The Hall–Kier alpha value is -4.62. The van der Waals surface area contributed by atoms with Crippen LogP contribution in [0.5, 0.6) is 0 Å². The van der Waals surface area contributed by atoms with Crippen LogP contribution in [-0.4, -0.2) is 105 Å². The molecule has 7 rings (SSSR count). The highest BCUT2D eigenvalue weighted by Crippen LogP contribution is 2.63. The molecular formula is C55H73NO12Si2. The van der Waals surface area contributed by atoms with Gasteiger partial charge in [-0.05, 0) is 85.5 Å². The molecule has 10 atom stereocenters. The summed E-state index contributed by atoms with van der Waals surface area (Å²) >= 11 is 0. The summed E-state index contributed by atoms with van der Waals surface area (Å²) in [5.41, 5.74) is -6.46. The van der Waals surface area contributed by atoms with Crippen LogP contribution >= 0.6 is 0 Å². The van der Waals surface area contributed by atoms with Gasteiger partial charge in [0.05, 0.1) is 35.8 Å². The smallest absolute Gasteiger partial charge is 0.338 e. The summed E-state index contributed by atoms with van der Waals surface area (Å²) in [7, 11) is -5.46. The molecule has 2 unspecified atom stereocenters. The Morgan fingerprint density at radius 1 is 0.829 bits per heavy atom. The van der Waals surface area contributed by atoms with Crippen molar-refractivity contribution in [3.05, 3.63) is 119 Å². The molecule has 0 spiro atoms. The molecule has 13 nitrogen and oxygen atoms in total. The predicted molar refractivity (Wildman–Crippen MR) is 270 cm³/mol. The van der Waals surface area contributed by atoms with Gasteiger partial charge in [-0.1, -0.05) is 122 Å². The highest BCUT2D eigenvalue weighted by atomic mass is 28.4. The number of esters is 2. The number of amides is 1. The maximum absolute atomic E-state index is 15.7. The van der Waals surface area contributed by atoms with E-state index < -0.39 is 122 Å². The fourth-order valence-electron chi connectivity index (χ4n) is 11.4. The van der Waals surface area contributed by atoms with E-state index in [1.54, 1.807) is 113 Å². The molecule has 3 aliphatic carbocycles. The van der Waals surface area contributed by atoms with E-state index in [9.17, 15) is 19.8 Å². The first-order valence-electron chi connectivity index (χ1n) is 24.9. The lowest BCUT2D eigenvalue weighted by Gasteiger charge is -2.67. The Bertz CT molecular complexity index is 2480. The summed E-state index contributed by atoms with van der Waals surface area (Å²) in [4.78, 5) is 75.3. The van der Waals surface area contributed by atoms with Gasteiger partial charge in [0.15, 0.2) is 22.7 Å². The zero-order valence-electron chi connectivity index (χ0n) is 42.9. The Morgan fingerprint density at radius 2 is 1.37 bits per heavy atom. The molecular weight excluding hydrogens is 923 g/mol. The van der Waals surface area contributed by atoms with Gasteiger partial charge in [-0.2, -0.15) is 0 Å². The summed E-state index contributed by atoms with van der Waals surface area (Å²) in [6, 6.07) is 26.9. The number of fused-ring (bicyclic) bond motifs is 5. The predicted octanol–water partition coefficient (Wildman–Crippen LogP) is 8.86. The van der Waals surface area contributed by atoms with Crippen molar-refractivity contribution in [2.24, 2.45) is 16.7 Å². The van der Waals surface area contributed by atoms with Crippen LogP contribution in [0.4, 0.5) is 0 Å². The highest BCUT2D eigenvalue weighted by molar-refractivity contribution is 6.74. The van der Waals surface area contributed by atoms with E-state index in [4.69, 9.17) is 23.1 Å². The lowest BCUT2D eigenvalue weighted by Crippen LogP contribution is -2.81. The number of Topliss-reactive ketones (excluding diaryl/α,β-unsaturated/α-hetero) is 2. The molecule has 1 heterocycles. The van der Waals surface area contributed by atoms with Gasteiger partial charge in [-0.3, -0.25) is 14.4 Å². The molecule has 2 saturated carbocycles. The molecule has 3 fully saturated rings. The summed E-state index contributed by atoms with van der Waals surface area (Å²) < 4.78 is 33.5. The lowest BCUT2D eigenvalue weighted by molar-refractivity contribution is -0.340. The molecule has 3 N–H and O–H groups in total. The van der Waals surface area contributed by atoms with E-state index in [1.165, 1.54) is 0 Å². The molecule has 3 aromatic carbocycles. The van der Waals surface area contributed by atoms with E-state index in [0.29, 0.717) is 11.1 Å². The fraction of sp³-hybridized carbons (Fsp3) is 0.545. The van der Waals surface area contributed by atoms with E-state index >= 15 is 14.4 Å². The Kier molecular flexibility index (Phi) is 14.8. The molecule has 70 heavy (non-hydrogen) atoms. The SMILES string of the molecule is CC[Si](CC)(CC)OC1C[C@H]2OC[C@@]2(O)[C@H]2[C@H](OC(=O)c3ccccc3)[C@]3(O)C[C@H](OC(=O)C(O[Si](C)(C)C(C)(C)C)[C@@H](NC(=O)c4ccccc4)c4ccccc4)C(C)=C(C(=O)C(=O)[C@]12C)C3(C)C. The molecule has 4 aliphatic rings.